The summed E-state index contributed by atoms with van der Waals surface area (Å²) in [5.74, 6) is 0.439. The molecule has 8 nitrogen and oxygen atoms in total. The normalized spacial score (nSPS) is 22.0. The summed E-state index contributed by atoms with van der Waals surface area (Å²) in [5.41, 5.74) is 3.85. The molecule has 3 aromatic rings. The van der Waals surface area contributed by atoms with Crippen LogP contribution in [0.25, 0.3) is 5.65 Å². The second-order valence-corrected chi connectivity index (χ2v) is 8.35. The summed E-state index contributed by atoms with van der Waals surface area (Å²) in [5, 5.41) is 13.0. The maximum absolute atomic E-state index is 12.9. The van der Waals surface area contributed by atoms with Crippen molar-refractivity contribution in [3.63, 3.8) is 0 Å². The van der Waals surface area contributed by atoms with Crippen LogP contribution < -0.4 is 4.90 Å². The minimum atomic E-state index is -0.0289. The molecule has 2 saturated heterocycles. The van der Waals surface area contributed by atoms with Gasteiger partial charge in [0, 0.05) is 19.6 Å². The largest absolute Gasteiger partial charge is 0.374 e. The molecule has 2 aromatic heterocycles. The van der Waals surface area contributed by atoms with Gasteiger partial charge >= 0.3 is 0 Å². The number of ether oxygens (including phenoxy) is 1. The number of benzene rings is 1. The van der Waals surface area contributed by atoms with Gasteiger partial charge in [-0.2, -0.15) is 9.61 Å². The quantitative estimate of drug-likeness (QED) is 0.662. The SMILES string of the molecule is CC(C)c1cc(N2C[C@@H]3OCCC(=O)N(Cc4ccccc4)[C@H]3C2)c2nncn2n1. The summed E-state index contributed by atoms with van der Waals surface area (Å²) in [6.07, 6.45) is 2.04. The number of amides is 1. The number of aromatic nitrogens is 4. The minimum Gasteiger partial charge on any atom is -0.374 e. The number of fused-ring (bicyclic) bond motifs is 2. The Bertz CT molecular complexity index is 1050. The number of hydrogen-bond donors (Lipinski definition) is 0. The fourth-order valence-electron chi connectivity index (χ4n) is 4.37. The van der Waals surface area contributed by atoms with Crippen LogP contribution in [0, 0.1) is 0 Å². The molecule has 0 spiro atoms. The zero-order valence-corrected chi connectivity index (χ0v) is 17.3. The van der Waals surface area contributed by atoms with E-state index in [1.807, 2.05) is 23.1 Å². The van der Waals surface area contributed by atoms with E-state index in [0.29, 0.717) is 32.7 Å². The molecule has 4 heterocycles. The van der Waals surface area contributed by atoms with Gasteiger partial charge in [0.15, 0.2) is 0 Å². The average Bonchev–Trinajstić information content (AvgIpc) is 3.36. The molecule has 2 atom stereocenters. The van der Waals surface area contributed by atoms with E-state index >= 15 is 0 Å². The van der Waals surface area contributed by atoms with E-state index in [2.05, 4.69) is 52.2 Å². The summed E-state index contributed by atoms with van der Waals surface area (Å²) in [7, 11) is 0. The average molecular weight is 406 g/mol. The lowest BCUT2D eigenvalue weighted by Crippen LogP contribution is -2.45. The maximum atomic E-state index is 12.9. The highest BCUT2D eigenvalue weighted by Gasteiger charge is 2.42. The Morgan fingerprint density at radius 1 is 1.20 bits per heavy atom. The monoisotopic (exact) mass is 406 g/mol. The molecule has 30 heavy (non-hydrogen) atoms. The van der Waals surface area contributed by atoms with Crippen LogP contribution in [0.3, 0.4) is 0 Å². The molecule has 0 aliphatic carbocycles. The van der Waals surface area contributed by atoms with Gasteiger partial charge in [-0.1, -0.05) is 44.2 Å². The Balaban J connectivity index is 1.47. The number of rotatable bonds is 4. The van der Waals surface area contributed by atoms with Crippen molar-refractivity contribution in [2.45, 2.75) is 44.9 Å². The zero-order chi connectivity index (χ0) is 20.7. The van der Waals surface area contributed by atoms with Gasteiger partial charge in [-0.15, -0.1) is 10.2 Å². The molecule has 5 rings (SSSR count). The summed E-state index contributed by atoms with van der Waals surface area (Å²) in [4.78, 5) is 17.2. The molecule has 0 bridgehead atoms. The molecule has 1 amide bonds. The van der Waals surface area contributed by atoms with E-state index in [4.69, 9.17) is 4.74 Å². The van der Waals surface area contributed by atoms with E-state index < -0.39 is 0 Å². The zero-order valence-electron chi connectivity index (χ0n) is 17.3. The highest BCUT2D eigenvalue weighted by Crippen LogP contribution is 2.31. The Kier molecular flexibility index (Phi) is 4.86. The van der Waals surface area contributed by atoms with E-state index in [-0.39, 0.29) is 24.0 Å². The minimum absolute atomic E-state index is 0.00107. The van der Waals surface area contributed by atoms with Crippen LogP contribution in [-0.2, 0) is 16.1 Å². The molecule has 0 saturated carbocycles. The van der Waals surface area contributed by atoms with Crippen molar-refractivity contribution < 1.29 is 9.53 Å². The lowest BCUT2D eigenvalue weighted by atomic mass is 10.1. The Hall–Kier alpha value is -3.00. The van der Waals surface area contributed by atoms with E-state index in [1.165, 1.54) is 0 Å². The summed E-state index contributed by atoms with van der Waals surface area (Å²) in [6.45, 7) is 6.73. The lowest BCUT2D eigenvalue weighted by molar-refractivity contribution is -0.133. The smallest absolute Gasteiger partial charge is 0.225 e. The first-order chi connectivity index (χ1) is 14.6. The van der Waals surface area contributed by atoms with Gasteiger partial charge in [-0.25, -0.2) is 0 Å². The van der Waals surface area contributed by atoms with E-state index in [9.17, 15) is 4.79 Å². The topological polar surface area (TPSA) is 75.9 Å². The molecule has 1 aromatic carbocycles. The Morgan fingerprint density at radius 2 is 2.03 bits per heavy atom. The van der Waals surface area contributed by atoms with Crippen LogP contribution in [-0.4, -0.2) is 62.5 Å². The molecular weight excluding hydrogens is 380 g/mol. The molecular formula is C22H26N6O2. The van der Waals surface area contributed by atoms with Crippen molar-refractivity contribution >= 4 is 17.2 Å². The van der Waals surface area contributed by atoms with Crippen LogP contribution in [0.1, 0.15) is 37.4 Å². The second kappa shape index (κ2) is 7.68. The number of nitrogens with zero attached hydrogens (tertiary/aromatic N) is 6. The third-order valence-electron chi connectivity index (χ3n) is 6.00. The maximum Gasteiger partial charge on any atom is 0.225 e. The summed E-state index contributed by atoms with van der Waals surface area (Å²) >= 11 is 0. The van der Waals surface area contributed by atoms with Crippen molar-refractivity contribution in [3.05, 3.63) is 54.0 Å². The van der Waals surface area contributed by atoms with Crippen LogP contribution >= 0.6 is 0 Å². The molecule has 2 fully saturated rings. The first-order valence-corrected chi connectivity index (χ1v) is 10.5. The number of anilines is 1. The molecule has 2 aliphatic rings. The third-order valence-corrected chi connectivity index (χ3v) is 6.00. The van der Waals surface area contributed by atoms with Gasteiger partial charge < -0.3 is 14.5 Å². The van der Waals surface area contributed by atoms with Gasteiger partial charge in [-0.3, -0.25) is 4.79 Å². The van der Waals surface area contributed by atoms with Crippen LogP contribution in [0.4, 0.5) is 5.69 Å². The fraction of sp³-hybridized carbons (Fsp3) is 0.455. The van der Waals surface area contributed by atoms with Crippen molar-refractivity contribution in [3.8, 4) is 0 Å². The molecule has 156 valence electrons. The van der Waals surface area contributed by atoms with Gasteiger partial charge in [0.2, 0.25) is 11.6 Å². The van der Waals surface area contributed by atoms with E-state index in [0.717, 1.165) is 22.6 Å². The second-order valence-electron chi connectivity index (χ2n) is 8.35. The first kappa shape index (κ1) is 19.0. The van der Waals surface area contributed by atoms with Gasteiger partial charge in [0.1, 0.15) is 6.33 Å². The Morgan fingerprint density at radius 3 is 2.83 bits per heavy atom. The van der Waals surface area contributed by atoms with Gasteiger partial charge in [0.25, 0.3) is 0 Å². The fourth-order valence-corrected chi connectivity index (χ4v) is 4.37. The number of carbonyl (C=O) groups is 1. The highest BCUT2D eigenvalue weighted by molar-refractivity contribution is 5.77. The predicted molar refractivity (Wildman–Crippen MR) is 112 cm³/mol. The molecule has 2 aliphatic heterocycles. The summed E-state index contributed by atoms with van der Waals surface area (Å²) < 4.78 is 7.87. The summed E-state index contributed by atoms with van der Waals surface area (Å²) in [6, 6.07) is 12.3. The van der Waals surface area contributed by atoms with Crippen LogP contribution in [0.15, 0.2) is 42.7 Å². The van der Waals surface area contributed by atoms with Crippen molar-refractivity contribution in [1.82, 2.24) is 24.7 Å². The Labute approximate surface area is 175 Å². The molecule has 0 unspecified atom stereocenters. The van der Waals surface area contributed by atoms with Gasteiger partial charge in [-0.05, 0) is 17.5 Å². The third kappa shape index (κ3) is 3.41. The first-order valence-electron chi connectivity index (χ1n) is 10.5. The molecule has 0 radical (unpaired) electrons. The predicted octanol–water partition coefficient (Wildman–Crippen LogP) is 2.25. The molecule has 0 N–H and O–H groups in total. The van der Waals surface area contributed by atoms with Crippen LogP contribution in [0.5, 0.6) is 0 Å². The standard InChI is InChI=1S/C22H26N6O2/c1-15(2)17-10-18(22-24-23-14-28(22)25-17)26-12-19-20(13-26)30-9-8-21(29)27(19)11-16-6-4-3-5-7-16/h3-7,10,14-15,19-20H,8-9,11-13H2,1-2H3/t19-,20-/m0/s1. The van der Waals surface area contributed by atoms with Gasteiger partial charge in [0.05, 0.1) is 36.6 Å². The molecule has 8 heteroatoms. The van der Waals surface area contributed by atoms with Crippen molar-refractivity contribution in [2.24, 2.45) is 0 Å². The highest BCUT2D eigenvalue weighted by atomic mass is 16.5. The number of hydrogen-bond acceptors (Lipinski definition) is 6. The van der Waals surface area contributed by atoms with Crippen molar-refractivity contribution in [2.75, 3.05) is 24.6 Å². The van der Waals surface area contributed by atoms with Crippen LogP contribution in [0.2, 0.25) is 0 Å². The lowest BCUT2D eigenvalue weighted by Gasteiger charge is -2.30. The number of carbonyl (C=O) groups excluding carboxylic acids is 1. The van der Waals surface area contributed by atoms with E-state index in [1.54, 1.807) is 10.8 Å². The van der Waals surface area contributed by atoms with Crippen molar-refractivity contribution in [1.29, 1.82) is 0 Å².